The lowest BCUT2D eigenvalue weighted by atomic mass is 10.1. The highest BCUT2D eigenvalue weighted by atomic mass is 15.6. The summed E-state index contributed by atoms with van der Waals surface area (Å²) in [6.07, 6.45) is 3.18. The van der Waals surface area contributed by atoms with Gasteiger partial charge in [0.15, 0.2) is 0 Å². The van der Waals surface area contributed by atoms with Crippen molar-refractivity contribution in [3.05, 3.63) is 84.1 Å². The smallest absolute Gasteiger partial charge is 0.128 e. The molecule has 6 heteroatoms. The molecular weight excluding hydrogens is 384 g/mol. The SMILES string of the molecule is CCC1CN(C2NN(c3ccnc(NC(C)c4ccccc4)c3)c3ccccc32)CN1. The highest BCUT2D eigenvalue weighted by Crippen LogP contribution is 2.39. The molecular formula is C25H30N6. The maximum Gasteiger partial charge on any atom is 0.128 e. The van der Waals surface area contributed by atoms with Crippen LogP contribution in [-0.4, -0.2) is 29.1 Å². The summed E-state index contributed by atoms with van der Waals surface area (Å²) in [5, 5.41) is 9.35. The third-order valence-electron chi connectivity index (χ3n) is 6.29. The summed E-state index contributed by atoms with van der Waals surface area (Å²) in [6, 6.07) is 24.0. The first-order chi connectivity index (χ1) is 15.2. The van der Waals surface area contributed by atoms with Crippen LogP contribution in [0.25, 0.3) is 0 Å². The Bertz CT molecular complexity index is 1020. The average molecular weight is 415 g/mol. The number of anilines is 3. The van der Waals surface area contributed by atoms with E-state index in [1.165, 1.54) is 16.8 Å². The molecule has 1 aromatic heterocycles. The Morgan fingerprint density at radius 3 is 2.71 bits per heavy atom. The normalized spacial score (nSPS) is 21.8. The lowest BCUT2D eigenvalue weighted by Gasteiger charge is -2.26. The highest BCUT2D eigenvalue weighted by Gasteiger charge is 2.36. The Labute approximate surface area is 184 Å². The van der Waals surface area contributed by atoms with Crippen LogP contribution in [0, 0.1) is 0 Å². The van der Waals surface area contributed by atoms with Gasteiger partial charge >= 0.3 is 0 Å². The van der Waals surface area contributed by atoms with E-state index in [-0.39, 0.29) is 12.2 Å². The molecule has 0 spiro atoms. The molecule has 0 saturated carbocycles. The second-order valence-corrected chi connectivity index (χ2v) is 8.34. The summed E-state index contributed by atoms with van der Waals surface area (Å²) in [4.78, 5) is 7.04. The molecule has 1 fully saturated rings. The minimum absolute atomic E-state index is 0.160. The highest BCUT2D eigenvalue weighted by molar-refractivity contribution is 5.70. The van der Waals surface area contributed by atoms with Gasteiger partial charge in [0.05, 0.1) is 18.0 Å². The molecule has 0 amide bonds. The van der Waals surface area contributed by atoms with Gasteiger partial charge in [-0.1, -0.05) is 55.5 Å². The molecule has 0 aliphatic carbocycles. The number of benzene rings is 2. The number of nitrogens with one attached hydrogen (secondary N) is 3. The molecule has 0 bridgehead atoms. The Morgan fingerprint density at radius 2 is 1.90 bits per heavy atom. The van der Waals surface area contributed by atoms with Crippen LogP contribution in [0.3, 0.4) is 0 Å². The van der Waals surface area contributed by atoms with Crippen molar-refractivity contribution in [3.8, 4) is 0 Å². The third kappa shape index (κ3) is 4.02. The van der Waals surface area contributed by atoms with Crippen molar-refractivity contribution in [2.75, 3.05) is 23.5 Å². The van der Waals surface area contributed by atoms with Crippen molar-refractivity contribution in [1.29, 1.82) is 0 Å². The zero-order valence-corrected chi connectivity index (χ0v) is 18.1. The van der Waals surface area contributed by atoms with Crippen molar-refractivity contribution in [1.82, 2.24) is 20.6 Å². The average Bonchev–Trinajstić information content (AvgIpc) is 3.44. The predicted octanol–water partition coefficient (Wildman–Crippen LogP) is 4.55. The topological polar surface area (TPSA) is 55.5 Å². The third-order valence-corrected chi connectivity index (χ3v) is 6.29. The van der Waals surface area contributed by atoms with Crippen molar-refractivity contribution in [2.24, 2.45) is 0 Å². The number of aromatic nitrogens is 1. The molecule has 2 aliphatic rings. The fraction of sp³-hybridized carbons (Fsp3) is 0.320. The van der Waals surface area contributed by atoms with Gasteiger partial charge in [-0.05, 0) is 31.0 Å². The van der Waals surface area contributed by atoms with Gasteiger partial charge in [0.25, 0.3) is 0 Å². The van der Waals surface area contributed by atoms with E-state index in [0.29, 0.717) is 6.04 Å². The van der Waals surface area contributed by atoms with E-state index >= 15 is 0 Å². The fourth-order valence-corrected chi connectivity index (χ4v) is 4.49. The number of nitrogens with zero attached hydrogens (tertiary/aromatic N) is 3. The minimum Gasteiger partial charge on any atom is -0.363 e. The Balaban J connectivity index is 1.38. The van der Waals surface area contributed by atoms with E-state index in [1.54, 1.807) is 0 Å². The Kier molecular flexibility index (Phi) is 5.59. The lowest BCUT2D eigenvalue weighted by molar-refractivity contribution is 0.213. The number of rotatable bonds is 6. The second-order valence-electron chi connectivity index (χ2n) is 8.34. The van der Waals surface area contributed by atoms with Gasteiger partial charge in [-0.25, -0.2) is 10.4 Å². The number of hydrogen-bond acceptors (Lipinski definition) is 6. The maximum absolute atomic E-state index is 4.56. The van der Waals surface area contributed by atoms with Crippen LogP contribution in [0.4, 0.5) is 17.2 Å². The molecule has 3 heterocycles. The summed E-state index contributed by atoms with van der Waals surface area (Å²) >= 11 is 0. The number of fused-ring (bicyclic) bond motifs is 1. The molecule has 1 saturated heterocycles. The largest absolute Gasteiger partial charge is 0.363 e. The van der Waals surface area contributed by atoms with Crippen LogP contribution in [0.5, 0.6) is 0 Å². The number of pyridine rings is 1. The minimum atomic E-state index is 0.160. The van der Waals surface area contributed by atoms with E-state index in [9.17, 15) is 0 Å². The van der Waals surface area contributed by atoms with E-state index in [1.807, 2.05) is 12.3 Å². The second kappa shape index (κ2) is 8.67. The van der Waals surface area contributed by atoms with Crippen molar-refractivity contribution < 1.29 is 0 Å². The van der Waals surface area contributed by atoms with E-state index in [0.717, 1.165) is 31.1 Å². The van der Waals surface area contributed by atoms with Gasteiger partial charge in [0.1, 0.15) is 12.0 Å². The fourth-order valence-electron chi connectivity index (χ4n) is 4.49. The van der Waals surface area contributed by atoms with Crippen molar-refractivity contribution >= 4 is 17.2 Å². The first kappa shape index (κ1) is 20.0. The van der Waals surface area contributed by atoms with Crippen LogP contribution in [-0.2, 0) is 0 Å². The maximum atomic E-state index is 4.56. The quantitative estimate of drug-likeness (QED) is 0.550. The van der Waals surface area contributed by atoms with Gasteiger partial charge < -0.3 is 10.6 Å². The first-order valence-electron chi connectivity index (χ1n) is 11.1. The van der Waals surface area contributed by atoms with Crippen LogP contribution in [0.2, 0.25) is 0 Å². The Morgan fingerprint density at radius 1 is 1.10 bits per heavy atom. The van der Waals surface area contributed by atoms with E-state index < -0.39 is 0 Å². The summed E-state index contributed by atoms with van der Waals surface area (Å²) in [7, 11) is 0. The number of hydrogen-bond donors (Lipinski definition) is 3. The molecule has 2 aromatic carbocycles. The monoisotopic (exact) mass is 414 g/mol. The van der Waals surface area contributed by atoms with Crippen LogP contribution in [0.15, 0.2) is 72.9 Å². The summed E-state index contributed by atoms with van der Waals surface area (Å²) in [5.74, 6) is 0.866. The summed E-state index contributed by atoms with van der Waals surface area (Å²) in [6.45, 7) is 6.35. The van der Waals surface area contributed by atoms with Gasteiger partial charge in [0.2, 0.25) is 0 Å². The van der Waals surface area contributed by atoms with Gasteiger partial charge in [-0.2, -0.15) is 0 Å². The predicted molar refractivity (Wildman–Crippen MR) is 126 cm³/mol. The van der Waals surface area contributed by atoms with Gasteiger partial charge in [-0.3, -0.25) is 9.91 Å². The summed E-state index contributed by atoms with van der Waals surface area (Å²) in [5.41, 5.74) is 8.56. The number of hydrazine groups is 1. The number of para-hydroxylation sites is 1. The van der Waals surface area contributed by atoms with Crippen molar-refractivity contribution in [3.63, 3.8) is 0 Å². The van der Waals surface area contributed by atoms with Crippen LogP contribution >= 0.6 is 0 Å². The molecule has 0 radical (unpaired) electrons. The molecule has 3 atom stereocenters. The first-order valence-corrected chi connectivity index (χ1v) is 11.1. The molecule has 160 valence electrons. The summed E-state index contributed by atoms with van der Waals surface area (Å²) < 4.78 is 0. The molecule has 3 aromatic rings. The van der Waals surface area contributed by atoms with Gasteiger partial charge in [-0.15, -0.1) is 0 Å². The molecule has 3 N–H and O–H groups in total. The zero-order chi connectivity index (χ0) is 21.2. The van der Waals surface area contributed by atoms with E-state index in [4.69, 9.17) is 0 Å². The van der Waals surface area contributed by atoms with Gasteiger partial charge in [0, 0.05) is 36.5 Å². The zero-order valence-electron chi connectivity index (χ0n) is 18.1. The molecule has 5 rings (SSSR count). The van der Waals surface area contributed by atoms with Crippen LogP contribution in [0.1, 0.15) is 43.6 Å². The molecule has 2 aliphatic heterocycles. The lowest BCUT2D eigenvalue weighted by Crippen LogP contribution is -2.39. The molecule has 31 heavy (non-hydrogen) atoms. The molecule has 6 nitrogen and oxygen atoms in total. The standard InChI is InChI=1S/C25H30N6/c1-3-20-16-30(17-27-20)25-22-11-7-8-12-23(22)31(29-25)21-13-14-26-24(15-21)28-18(2)19-9-5-4-6-10-19/h4-15,18,20,25,27,29H,3,16-17H2,1-2H3,(H,26,28). The van der Waals surface area contributed by atoms with Crippen molar-refractivity contribution in [2.45, 2.75) is 38.5 Å². The van der Waals surface area contributed by atoms with Crippen LogP contribution < -0.4 is 21.1 Å². The Hall–Kier alpha value is -2.93. The molecule has 3 unspecified atom stereocenters. The van der Waals surface area contributed by atoms with E-state index in [2.05, 4.69) is 105 Å².